The molecule has 0 unspecified atom stereocenters. The monoisotopic (exact) mass is 436 g/mol. The summed E-state index contributed by atoms with van der Waals surface area (Å²) in [6.07, 6.45) is 0. The molecule has 1 fully saturated rings. The molecule has 0 saturated carbocycles. The molecule has 0 spiro atoms. The second kappa shape index (κ2) is 8.11. The van der Waals surface area contributed by atoms with E-state index in [9.17, 15) is 18.0 Å². The highest BCUT2D eigenvalue weighted by Crippen LogP contribution is 2.27. The molecule has 8 nitrogen and oxygen atoms in total. The summed E-state index contributed by atoms with van der Waals surface area (Å²) in [6.45, 7) is 8.71. The molecule has 3 rings (SSSR count). The number of hydrogen-bond acceptors (Lipinski definition) is 6. The Morgan fingerprint density at radius 3 is 2.28 bits per heavy atom. The van der Waals surface area contributed by atoms with E-state index >= 15 is 0 Å². The van der Waals surface area contributed by atoms with Crippen LogP contribution in [0, 0.1) is 20.8 Å². The molecule has 2 aromatic rings. The van der Waals surface area contributed by atoms with E-state index in [1.165, 1.54) is 6.92 Å². The maximum atomic E-state index is 12.9. The number of hydrogen-bond donors (Lipinski definition) is 1. The second-order valence-electron chi connectivity index (χ2n) is 7.11. The summed E-state index contributed by atoms with van der Waals surface area (Å²) in [5, 5.41) is 0.160. The lowest BCUT2D eigenvalue weighted by Gasteiger charge is -2.34. The molecule has 0 bridgehead atoms. The quantitative estimate of drug-likeness (QED) is 0.792. The molecule has 0 atom stereocenters. The fourth-order valence-corrected chi connectivity index (χ4v) is 5.67. The third-order valence-electron chi connectivity index (χ3n) is 4.84. The van der Waals surface area contributed by atoms with Crippen LogP contribution in [0.3, 0.4) is 0 Å². The van der Waals surface area contributed by atoms with Gasteiger partial charge in [0, 0.05) is 33.1 Å². The van der Waals surface area contributed by atoms with E-state index in [-0.39, 0.29) is 21.8 Å². The van der Waals surface area contributed by atoms with Crippen molar-refractivity contribution >= 4 is 38.3 Å². The summed E-state index contributed by atoms with van der Waals surface area (Å²) in [4.78, 5) is 32.5. The zero-order chi connectivity index (χ0) is 21.3. The summed E-state index contributed by atoms with van der Waals surface area (Å²) in [5.41, 5.74) is 2.10. The van der Waals surface area contributed by atoms with Crippen LogP contribution in [0.2, 0.25) is 0 Å². The Bertz CT molecular complexity index is 1050. The Balaban J connectivity index is 1.76. The molecular weight excluding hydrogens is 412 g/mol. The molecule has 0 aliphatic carbocycles. The molecule has 1 N–H and O–H groups in total. The fraction of sp³-hybridized carbons (Fsp3) is 0.421. The predicted molar refractivity (Wildman–Crippen MR) is 112 cm³/mol. The van der Waals surface area contributed by atoms with Gasteiger partial charge < -0.3 is 9.80 Å². The van der Waals surface area contributed by atoms with Crippen LogP contribution >= 0.6 is 11.3 Å². The SMILES string of the molecule is CC(=O)N1CCN(C(=O)c2sc(NS(=O)(=O)c3ccc(C)cc3C)nc2C)CC1. The molecule has 1 aromatic carbocycles. The lowest BCUT2D eigenvalue weighted by molar-refractivity contribution is -0.130. The van der Waals surface area contributed by atoms with Crippen molar-refractivity contribution in [1.82, 2.24) is 14.8 Å². The number of aromatic nitrogens is 1. The summed E-state index contributed by atoms with van der Waals surface area (Å²) in [6, 6.07) is 5.11. The first-order chi connectivity index (χ1) is 13.6. The summed E-state index contributed by atoms with van der Waals surface area (Å²) in [5.74, 6) is -0.200. The predicted octanol–water partition coefficient (Wildman–Crippen LogP) is 2.17. The number of carbonyl (C=O) groups is 2. The Morgan fingerprint density at radius 2 is 1.69 bits per heavy atom. The number of amides is 2. The molecule has 1 saturated heterocycles. The molecule has 2 amide bonds. The standard InChI is InChI=1S/C19H24N4O4S2/c1-12-5-6-16(13(2)11-12)29(26,27)21-19-20-14(3)17(28-19)18(25)23-9-7-22(8-10-23)15(4)24/h5-6,11H,7-10H2,1-4H3,(H,20,21). The van der Waals surface area contributed by atoms with Crippen LogP contribution < -0.4 is 4.72 Å². The number of sulfonamides is 1. The van der Waals surface area contributed by atoms with E-state index in [0.29, 0.717) is 42.3 Å². The Kier molecular flexibility index (Phi) is 5.95. The first kappa shape index (κ1) is 21.3. The molecular formula is C19H24N4O4S2. The Hall–Kier alpha value is -2.46. The van der Waals surface area contributed by atoms with Crippen LogP contribution in [0.1, 0.15) is 33.4 Å². The van der Waals surface area contributed by atoms with Gasteiger partial charge in [0.25, 0.3) is 15.9 Å². The maximum absolute atomic E-state index is 12.9. The highest BCUT2D eigenvalue weighted by Gasteiger charge is 2.27. The average molecular weight is 437 g/mol. The van der Waals surface area contributed by atoms with Crippen LogP contribution in [0.5, 0.6) is 0 Å². The van der Waals surface area contributed by atoms with Crippen LogP contribution in [-0.4, -0.2) is 61.2 Å². The number of benzene rings is 1. The van der Waals surface area contributed by atoms with Gasteiger partial charge in [-0.3, -0.25) is 14.3 Å². The number of thiazole rings is 1. The highest BCUT2D eigenvalue weighted by atomic mass is 32.2. The minimum Gasteiger partial charge on any atom is -0.339 e. The minimum absolute atomic E-state index is 0.00541. The zero-order valence-corrected chi connectivity index (χ0v) is 18.5. The number of rotatable bonds is 4. The molecule has 1 aromatic heterocycles. The van der Waals surface area contributed by atoms with Crippen LogP contribution in [0.15, 0.2) is 23.1 Å². The van der Waals surface area contributed by atoms with Gasteiger partial charge in [0.2, 0.25) is 5.91 Å². The fourth-order valence-electron chi connectivity index (χ4n) is 3.28. The molecule has 1 aliphatic rings. The summed E-state index contributed by atoms with van der Waals surface area (Å²) in [7, 11) is -3.80. The smallest absolute Gasteiger partial charge is 0.266 e. The molecule has 10 heteroatoms. The molecule has 156 valence electrons. The van der Waals surface area contributed by atoms with Crippen LogP contribution in [0.25, 0.3) is 0 Å². The normalized spacial score (nSPS) is 14.8. The van der Waals surface area contributed by atoms with E-state index < -0.39 is 10.0 Å². The van der Waals surface area contributed by atoms with Crippen molar-refractivity contribution in [2.45, 2.75) is 32.6 Å². The topological polar surface area (TPSA) is 99.7 Å². The van der Waals surface area contributed by atoms with Gasteiger partial charge >= 0.3 is 0 Å². The van der Waals surface area contributed by atoms with E-state index in [2.05, 4.69) is 9.71 Å². The van der Waals surface area contributed by atoms with Crippen molar-refractivity contribution in [2.24, 2.45) is 0 Å². The first-order valence-corrected chi connectivity index (χ1v) is 11.5. The lowest BCUT2D eigenvalue weighted by atomic mass is 10.2. The van der Waals surface area contributed by atoms with E-state index in [1.54, 1.807) is 41.8 Å². The van der Waals surface area contributed by atoms with Gasteiger partial charge in [-0.05, 0) is 32.4 Å². The van der Waals surface area contributed by atoms with Crippen LogP contribution in [-0.2, 0) is 14.8 Å². The number of anilines is 1. The van der Waals surface area contributed by atoms with Gasteiger partial charge in [-0.1, -0.05) is 29.0 Å². The first-order valence-electron chi connectivity index (χ1n) is 9.21. The van der Waals surface area contributed by atoms with Gasteiger partial charge in [0.15, 0.2) is 5.13 Å². The zero-order valence-electron chi connectivity index (χ0n) is 16.9. The minimum atomic E-state index is -3.80. The van der Waals surface area contributed by atoms with Crippen molar-refractivity contribution in [2.75, 3.05) is 30.9 Å². The largest absolute Gasteiger partial charge is 0.339 e. The number of aryl methyl sites for hydroxylation is 3. The Labute approximate surface area is 174 Å². The number of carbonyl (C=O) groups excluding carboxylic acids is 2. The number of piperazine rings is 1. The third-order valence-corrected chi connectivity index (χ3v) is 7.53. The van der Waals surface area contributed by atoms with Crippen LogP contribution in [0.4, 0.5) is 5.13 Å². The van der Waals surface area contributed by atoms with Crippen molar-refractivity contribution < 1.29 is 18.0 Å². The van der Waals surface area contributed by atoms with Gasteiger partial charge in [-0.2, -0.15) is 0 Å². The van der Waals surface area contributed by atoms with Crippen molar-refractivity contribution in [3.8, 4) is 0 Å². The van der Waals surface area contributed by atoms with Crippen molar-refractivity contribution in [3.63, 3.8) is 0 Å². The van der Waals surface area contributed by atoms with Gasteiger partial charge in [0.05, 0.1) is 10.6 Å². The lowest BCUT2D eigenvalue weighted by Crippen LogP contribution is -2.50. The van der Waals surface area contributed by atoms with E-state index in [4.69, 9.17) is 0 Å². The van der Waals surface area contributed by atoms with Crippen molar-refractivity contribution in [1.29, 1.82) is 0 Å². The van der Waals surface area contributed by atoms with Gasteiger partial charge in [0.1, 0.15) is 4.88 Å². The Morgan fingerprint density at radius 1 is 1.07 bits per heavy atom. The van der Waals surface area contributed by atoms with Crippen molar-refractivity contribution in [3.05, 3.63) is 39.9 Å². The van der Waals surface area contributed by atoms with E-state index in [1.807, 2.05) is 6.92 Å². The van der Waals surface area contributed by atoms with E-state index in [0.717, 1.165) is 16.9 Å². The molecule has 1 aliphatic heterocycles. The second-order valence-corrected chi connectivity index (χ2v) is 9.76. The summed E-state index contributed by atoms with van der Waals surface area (Å²) < 4.78 is 28.0. The maximum Gasteiger partial charge on any atom is 0.266 e. The highest BCUT2D eigenvalue weighted by molar-refractivity contribution is 7.93. The molecule has 2 heterocycles. The average Bonchev–Trinajstić information content (AvgIpc) is 3.00. The molecule has 0 radical (unpaired) electrons. The van der Waals surface area contributed by atoms with Gasteiger partial charge in [-0.15, -0.1) is 0 Å². The summed E-state index contributed by atoms with van der Waals surface area (Å²) >= 11 is 1.03. The number of nitrogens with one attached hydrogen (secondary N) is 1. The van der Waals surface area contributed by atoms with Gasteiger partial charge in [-0.25, -0.2) is 13.4 Å². The third kappa shape index (κ3) is 4.59. The molecule has 29 heavy (non-hydrogen) atoms. The number of nitrogens with zero attached hydrogens (tertiary/aromatic N) is 3.